The van der Waals surface area contributed by atoms with Crippen molar-refractivity contribution in [3.05, 3.63) is 58.3 Å². The molecule has 7 heteroatoms. The molecule has 0 aliphatic carbocycles. The zero-order chi connectivity index (χ0) is 14.8. The number of aliphatic hydroxyl groups is 1. The summed E-state index contributed by atoms with van der Waals surface area (Å²) >= 11 is 3.09. The average Bonchev–Trinajstić information content (AvgIpc) is 2.42. The Labute approximate surface area is 124 Å². The molecule has 0 saturated carbocycles. The third-order valence-corrected chi connectivity index (χ3v) is 4.42. The normalized spacial score (nSPS) is 11.3. The lowest BCUT2D eigenvalue weighted by molar-refractivity contribution is 0.281. The van der Waals surface area contributed by atoms with E-state index >= 15 is 0 Å². The van der Waals surface area contributed by atoms with Crippen molar-refractivity contribution < 1.29 is 17.9 Å². The third-order valence-electron chi connectivity index (χ3n) is 2.57. The topological polar surface area (TPSA) is 66.4 Å². The summed E-state index contributed by atoms with van der Waals surface area (Å²) in [6.45, 7) is -0.268. The van der Waals surface area contributed by atoms with E-state index in [4.69, 9.17) is 5.11 Å². The van der Waals surface area contributed by atoms with Gasteiger partial charge in [-0.1, -0.05) is 28.1 Å². The highest BCUT2D eigenvalue weighted by Gasteiger charge is 2.16. The first-order valence-electron chi connectivity index (χ1n) is 5.60. The third kappa shape index (κ3) is 3.36. The summed E-state index contributed by atoms with van der Waals surface area (Å²) in [4.78, 5) is -0.0358. The van der Waals surface area contributed by atoms with Crippen molar-refractivity contribution in [1.82, 2.24) is 0 Å². The molecule has 0 saturated heterocycles. The van der Waals surface area contributed by atoms with Gasteiger partial charge in [0.1, 0.15) is 5.82 Å². The van der Waals surface area contributed by atoms with Crippen LogP contribution < -0.4 is 4.72 Å². The van der Waals surface area contributed by atoms with E-state index in [2.05, 4.69) is 20.7 Å². The fourth-order valence-corrected chi connectivity index (χ4v) is 3.06. The van der Waals surface area contributed by atoms with Gasteiger partial charge in [0.25, 0.3) is 10.0 Å². The number of sulfonamides is 1. The van der Waals surface area contributed by atoms with Crippen LogP contribution in [-0.2, 0) is 16.6 Å². The molecule has 0 radical (unpaired) electrons. The van der Waals surface area contributed by atoms with Crippen LogP contribution in [0, 0.1) is 5.82 Å². The predicted molar refractivity (Wildman–Crippen MR) is 77.3 cm³/mol. The van der Waals surface area contributed by atoms with Crippen LogP contribution in [0.25, 0.3) is 0 Å². The number of halogens is 2. The maximum Gasteiger partial charge on any atom is 0.261 e. The molecule has 4 nitrogen and oxygen atoms in total. The minimum absolute atomic E-state index is 0.0358. The molecule has 2 N–H and O–H groups in total. The molecule has 0 spiro atoms. The van der Waals surface area contributed by atoms with E-state index < -0.39 is 15.8 Å². The van der Waals surface area contributed by atoms with E-state index in [1.165, 1.54) is 36.4 Å². The molecule has 2 rings (SSSR count). The predicted octanol–water partition coefficient (Wildman–Crippen LogP) is 2.88. The number of hydrogen-bond donors (Lipinski definition) is 2. The summed E-state index contributed by atoms with van der Waals surface area (Å²) < 4.78 is 40.6. The molecule has 0 aromatic heterocycles. The molecule has 2 aromatic carbocycles. The first-order chi connectivity index (χ1) is 9.42. The lowest BCUT2D eigenvalue weighted by atomic mass is 10.2. The van der Waals surface area contributed by atoms with Crippen LogP contribution in [0.5, 0.6) is 0 Å². The van der Waals surface area contributed by atoms with Crippen molar-refractivity contribution in [2.45, 2.75) is 11.5 Å². The first kappa shape index (κ1) is 15.0. The lowest BCUT2D eigenvalue weighted by Gasteiger charge is -2.10. The van der Waals surface area contributed by atoms with E-state index in [0.717, 1.165) is 0 Å². The minimum atomic E-state index is -3.90. The van der Waals surface area contributed by atoms with Crippen LogP contribution in [0.1, 0.15) is 5.56 Å². The average molecular weight is 360 g/mol. The second-order valence-corrected chi connectivity index (χ2v) is 6.63. The Morgan fingerprint density at radius 2 is 1.95 bits per heavy atom. The van der Waals surface area contributed by atoms with Gasteiger partial charge in [0.2, 0.25) is 0 Å². The van der Waals surface area contributed by atoms with Gasteiger partial charge in [-0.3, -0.25) is 4.72 Å². The van der Waals surface area contributed by atoms with Crippen LogP contribution in [0.3, 0.4) is 0 Å². The smallest absolute Gasteiger partial charge is 0.261 e. The molecule has 20 heavy (non-hydrogen) atoms. The summed E-state index contributed by atoms with van der Waals surface area (Å²) in [7, 11) is -3.90. The zero-order valence-corrected chi connectivity index (χ0v) is 12.6. The summed E-state index contributed by atoms with van der Waals surface area (Å²) in [5.74, 6) is -0.679. The van der Waals surface area contributed by atoms with Crippen molar-refractivity contribution >= 4 is 31.6 Å². The second-order valence-electron chi connectivity index (χ2n) is 4.04. The van der Waals surface area contributed by atoms with E-state index in [1.807, 2.05) is 0 Å². The van der Waals surface area contributed by atoms with Crippen molar-refractivity contribution in [3.8, 4) is 0 Å². The molecular weight excluding hydrogens is 349 g/mol. The molecule has 106 valence electrons. The Morgan fingerprint density at radius 3 is 2.60 bits per heavy atom. The van der Waals surface area contributed by atoms with Crippen LogP contribution in [0.4, 0.5) is 10.1 Å². The van der Waals surface area contributed by atoms with Gasteiger partial charge < -0.3 is 5.11 Å². The Bertz CT molecular complexity index is 734. The molecule has 0 aliphatic heterocycles. The molecule has 0 atom stereocenters. The number of hydrogen-bond acceptors (Lipinski definition) is 3. The summed E-state index contributed by atoms with van der Waals surface area (Å²) in [6, 6.07) is 9.84. The molecule has 2 aromatic rings. The maximum atomic E-state index is 13.6. The lowest BCUT2D eigenvalue weighted by Crippen LogP contribution is -2.14. The van der Waals surface area contributed by atoms with E-state index in [0.29, 0.717) is 10.0 Å². The number of nitrogens with one attached hydrogen (secondary N) is 1. The van der Waals surface area contributed by atoms with E-state index in [-0.39, 0.29) is 17.2 Å². The molecule has 0 unspecified atom stereocenters. The monoisotopic (exact) mass is 359 g/mol. The van der Waals surface area contributed by atoms with Crippen molar-refractivity contribution in [3.63, 3.8) is 0 Å². The number of aliphatic hydroxyl groups excluding tert-OH is 1. The molecule has 0 aliphatic rings. The highest BCUT2D eigenvalue weighted by atomic mass is 79.9. The quantitative estimate of drug-likeness (QED) is 0.881. The summed E-state index contributed by atoms with van der Waals surface area (Å²) in [5, 5.41) is 9.01. The minimum Gasteiger partial charge on any atom is -0.392 e. The van der Waals surface area contributed by atoms with Gasteiger partial charge in [0, 0.05) is 4.47 Å². The molecular formula is C13H11BrFNO3S. The Morgan fingerprint density at radius 1 is 1.20 bits per heavy atom. The fraction of sp³-hybridized carbons (Fsp3) is 0.0769. The van der Waals surface area contributed by atoms with Crippen LogP contribution in [-0.4, -0.2) is 13.5 Å². The van der Waals surface area contributed by atoms with Gasteiger partial charge in [-0.2, -0.15) is 0 Å². The largest absolute Gasteiger partial charge is 0.392 e. The molecule has 0 amide bonds. The number of benzene rings is 2. The number of rotatable bonds is 4. The van der Waals surface area contributed by atoms with Crippen molar-refractivity contribution in [2.75, 3.05) is 4.72 Å². The van der Waals surface area contributed by atoms with Gasteiger partial charge in [0.05, 0.1) is 17.2 Å². The summed E-state index contributed by atoms with van der Waals surface area (Å²) in [5.41, 5.74) is 0.326. The van der Waals surface area contributed by atoms with E-state index in [9.17, 15) is 12.8 Å². The Hall–Kier alpha value is -1.44. The first-order valence-corrected chi connectivity index (χ1v) is 7.87. The van der Waals surface area contributed by atoms with Crippen molar-refractivity contribution in [1.29, 1.82) is 0 Å². The summed E-state index contributed by atoms with van der Waals surface area (Å²) in [6.07, 6.45) is 0. The van der Waals surface area contributed by atoms with Crippen LogP contribution in [0.15, 0.2) is 51.8 Å². The number of anilines is 1. The Balaban J connectivity index is 2.35. The Kier molecular flexibility index (Phi) is 4.42. The molecule has 0 fully saturated rings. The van der Waals surface area contributed by atoms with Gasteiger partial charge in [0.15, 0.2) is 0 Å². The van der Waals surface area contributed by atoms with Gasteiger partial charge in [-0.25, -0.2) is 12.8 Å². The fourth-order valence-electron chi connectivity index (χ4n) is 1.59. The van der Waals surface area contributed by atoms with Gasteiger partial charge >= 0.3 is 0 Å². The second kappa shape index (κ2) is 5.90. The maximum absolute atomic E-state index is 13.6. The van der Waals surface area contributed by atoms with E-state index in [1.54, 1.807) is 6.07 Å². The van der Waals surface area contributed by atoms with Gasteiger partial charge in [-0.15, -0.1) is 0 Å². The standard InChI is InChI=1S/C13H11BrFNO3S/c14-10-4-5-13(12(15)7-10)16-20(18,19)11-3-1-2-9(6-11)8-17/h1-7,16-17H,8H2. The molecule has 0 bridgehead atoms. The zero-order valence-electron chi connectivity index (χ0n) is 10.2. The van der Waals surface area contributed by atoms with Crippen LogP contribution >= 0.6 is 15.9 Å². The van der Waals surface area contributed by atoms with Crippen LogP contribution in [0.2, 0.25) is 0 Å². The van der Waals surface area contributed by atoms with Gasteiger partial charge in [-0.05, 0) is 35.9 Å². The molecule has 0 heterocycles. The van der Waals surface area contributed by atoms with Crippen molar-refractivity contribution in [2.24, 2.45) is 0 Å². The SMILES string of the molecule is O=S(=O)(Nc1ccc(Br)cc1F)c1cccc(CO)c1. The highest BCUT2D eigenvalue weighted by Crippen LogP contribution is 2.22. The highest BCUT2D eigenvalue weighted by molar-refractivity contribution is 9.10.